The van der Waals surface area contributed by atoms with Crippen LogP contribution in [0.4, 0.5) is 18.9 Å². The molecule has 0 bridgehead atoms. The summed E-state index contributed by atoms with van der Waals surface area (Å²) < 4.78 is 38.7. The van der Waals surface area contributed by atoms with E-state index in [2.05, 4.69) is 22.3 Å². The van der Waals surface area contributed by atoms with Crippen LogP contribution in [0.2, 0.25) is 0 Å². The molecule has 0 amide bonds. The van der Waals surface area contributed by atoms with Crippen molar-refractivity contribution in [2.45, 2.75) is 31.1 Å². The van der Waals surface area contributed by atoms with Crippen LogP contribution in [0.3, 0.4) is 0 Å². The third-order valence-corrected chi connectivity index (χ3v) is 4.96. The number of hydrogen-bond donors (Lipinski definition) is 2. The molecule has 0 radical (unpaired) electrons. The molecule has 1 fully saturated rings. The number of rotatable bonds is 5. The Morgan fingerprint density at radius 1 is 1.00 bits per heavy atom. The number of hydrogen-bond acceptors (Lipinski definition) is 3. The van der Waals surface area contributed by atoms with Crippen LogP contribution in [0.15, 0.2) is 54.6 Å². The number of alkyl halides is 3. The van der Waals surface area contributed by atoms with Gasteiger partial charge >= 0.3 is 6.18 Å². The molecule has 2 aromatic rings. The lowest BCUT2D eigenvalue weighted by molar-refractivity contribution is -0.137. The molecule has 0 atom stereocenters. The fraction of sp³-hybridized carbons (Fsp3) is 0.400. The molecule has 1 aliphatic heterocycles. The van der Waals surface area contributed by atoms with Crippen LogP contribution < -0.4 is 5.32 Å². The third-order valence-electron chi connectivity index (χ3n) is 4.96. The topological polar surface area (TPSA) is 35.5 Å². The van der Waals surface area contributed by atoms with E-state index in [1.54, 1.807) is 6.07 Å². The minimum atomic E-state index is -4.37. The number of aliphatic hydroxyl groups is 1. The maximum Gasteiger partial charge on any atom is 0.416 e. The molecule has 0 saturated carbocycles. The van der Waals surface area contributed by atoms with Crippen LogP contribution in [0.1, 0.15) is 24.0 Å². The summed E-state index contributed by atoms with van der Waals surface area (Å²) in [4.78, 5) is 2.30. The normalized spacial score (nSPS) is 17.8. The van der Waals surface area contributed by atoms with Crippen molar-refractivity contribution >= 4 is 5.69 Å². The summed E-state index contributed by atoms with van der Waals surface area (Å²) in [7, 11) is 0. The van der Waals surface area contributed by atoms with E-state index in [1.165, 1.54) is 11.6 Å². The first-order chi connectivity index (χ1) is 12.4. The van der Waals surface area contributed by atoms with E-state index in [0.29, 0.717) is 18.5 Å². The fourth-order valence-electron chi connectivity index (χ4n) is 3.38. The molecule has 1 saturated heterocycles. The molecule has 3 nitrogen and oxygen atoms in total. The number of likely N-dealkylation sites (tertiary alicyclic amines) is 1. The highest BCUT2D eigenvalue weighted by atomic mass is 19.4. The van der Waals surface area contributed by atoms with Gasteiger partial charge in [-0.15, -0.1) is 0 Å². The van der Waals surface area contributed by atoms with Crippen molar-refractivity contribution in [1.29, 1.82) is 0 Å². The van der Waals surface area contributed by atoms with Gasteiger partial charge in [0, 0.05) is 25.3 Å². The standard InChI is InChI=1S/C20H23F3N2O/c21-20(22,23)17-7-4-8-18(13-17)24-19(15-26)9-11-25(12-10-19)14-16-5-2-1-3-6-16/h1-8,13,24,26H,9-12,14-15H2. The highest BCUT2D eigenvalue weighted by Gasteiger charge is 2.35. The number of nitrogens with zero attached hydrogens (tertiary/aromatic N) is 1. The molecule has 2 N–H and O–H groups in total. The van der Waals surface area contributed by atoms with Crippen molar-refractivity contribution < 1.29 is 18.3 Å². The summed E-state index contributed by atoms with van der Waals surface area (Å²) >= 11 is 0. The van der Waals surface area contributed by atoms with Gasteiger partial charge in [0.2, 0.25) is 0 Å². The Morgan fingerprint density at radius 2 is 1.69 bits per heavy atom. The maximum absolute atomic E-state index is 12.9. The largest absolute Gasteiger partial charge is 0.416 e. The van der Waals surface area contributed by atoms with E-state index in [0.717, 1.165) is 31.8 Å². The second kappa shape index (κ2) is 7.68. The van der Waals surface area contributed by atoms with Gasteiger partial charge in [0.15, 0.2) is 0 Å². The van der Waals surface area contributed by atoms with Gasteiger partial charge in [-0.05, 0) is 36.6 Å². The molecule has 0 aromatic heterocycles. The number of piperidine rings is 1. The molecular weight excluding hydrogens is 341 g/mol. The first kappa shape index (κ1) is 18.7. The van der Waals surface area contributed by atoms with E-state index >= 15 is 0 Å². The van der Waals surface area contributed by atoms with Crippen LogP contribution in [0.5, 0.6) is 0 Å². The summed E-state index contributed by atoms with van der Waals surface area (Å²) in [6, 6.07) is 15.3. The Hall–Kier alpha value is -2.05. The van der Waals surface area contributed by atoms with Crippen LogP contribution in [0.25, 0.3) is 0 Å². The highest BCUT2D eigenvalue weighted by molar-refractivity contribution is 5.49. The molecule has 6 heteroatoms. The van der Waals surface area contributed by atoms with E-state index in [4.69, 9.17) is 0 Å². The molecule has 0 unspecified atom stereocenters. The lowest BCUT2D eigenvalue weighted by Gasteiger charge is -2.42. The van der Waals surface area contributed by atoms with Crippen LogP contribution in [0, 0.1) is 0 Å². The molecule has 2 aromatic carbocycles. The van der Waals surface area contributed by atoms with E-state index in [9.17, 15) is 18.3 Å². The molecule has 1 aliphatic rings. The summed E-state index contributed by atoms with van der Waals surface area (Å²) in [5.74, 6) is 0. The number of halogens is 3. The van der Waals surface area contributed by atoms with Gasteiger partial charge in [0.1, 0.15) is 0 Å². The quantitative estimate of drug-likeness (QED) is 0.837. The zero-order chi connectivity index (χ0) is 18.6. The first-order valence-electron chi connectivity index (χ1n) is 8.73. The maximum atomic E-state index is 12.9. The molecule has 140 valence electrons. The van der Waals surface area contributed by atoms with Crippen molar-refractivity contribution in [3.63, 3.8) is 0 Å². The Balaban J connectivity index is 1.64. The fourth-order valence-corrected chi connectivity index (χ4v) is 3.38. The van der Waals surface area contributed by atoms with Crippen molar-refractivity contribution in [2.75, 3.05) is 25.0 Å². The van der Waals surface area contributed by atoms with Gasteiger partial charge in [-0.1, -0.05) is 36.4 Å². The SMILES string of the molecule is OCC1(Nc2cccc(C(F)(F)F)c2)CCN(Cc2ccccc2)CC1. The molecule has 0 aliphatic carbocycles. The van der Waals surface area contributed by atoms with Gasteiger partial charge in [-0.25, -0.2) is 0 Å². The number of nitrogens with one attached hydrogen (secondary N) is 1. The van der Waals surface area contributed by atoms with Crippen LogP contribution >= 0.6 is 0 Å². The zero-order valence-corrected chi connectivity index (χ0v) is 14.5. The van der Waals surface area contributed by atoms with Crippen molar-refractivity contribution in [3.8, 4) is 0 Å². The smallest absolute Gasteiger partial charge is 0.394 e. The minimum absolute atomic E-state index is 0.109. The van der Waals surface area contributed by atoms with Gasteiger partial charge in [-0.2, -0.15) is 13.2 Å². The first-order valence-corrected chi connectivity index (χ1v) is 8.73. The molecule has 3 rings (SSSR count). The number of aliphatic hydroxyl groups excluding tert-OH is 1. The second-order valence-corrected chi connectivity index (χ2v) is 6.90. The van der Waals surface area contributed by atoms with Gasteiger partial charge < -0.3 is 10.4 Å². The Kier molecular flexibility index (Phi) is 5.53. The molecule has 1 heterocycles. The second-order valence-electron chi connectivity index (χ2n) is 6.90. The predicted octanol–water partition coefficient (Wildman–Crippen LogP) is 4.14. The van der Waals surface area contributed by atoms with Crippen molar-refractivity contribution in [2.24, 2.45) is 0 Å². The Bertz CT molecular complexity index is 710. The summed E-state index contributed by atoms with van der Waals surface area (Å²) in [6.07, 6.45) is -3.03. The Morgan fingerprint density at radius 3 is 2.31 bits per heavy atom. The van der Waals surface area contributed by atoms with E-state index in [1.807, 2.05) is 18.2 Å². The molecule has 0 spiro atoms. The number of benzene rings is 2. The zero-order valence-electron chi connectivity index (χ0n) is 14.5. The van der Waals surface area contributed by atoms with Gasteiger partial charge in [0.25, 0.3) is 0 Å². The van der Waals surface area contributed by atoms with Crippen molar-refractivity contribution in [3.05, 3.63) is 65.7 Å². The average Bonchev–Trinajstić information content (AvgIpc) is 2.64. The van der Waals surface area contributed by atoms with E-state index < -0.39 is 17.3 Å². The molecular formula is C20H23F3N2O. The Labute approximate surface area is 151 Å². The number of anilines is 1. The highest BCUT2D eigenvalue weighted by Crippen LogP contribution is 2.33. The average molecular weight is 364 g/mol. The lowest BCUT2D eigenvalue weighted by Crippen LogP contribution is -2.51. The molecule has 26 heavy (non-hydrogen) atoms. The lowest BCUT2D eigenvalue weighted by atomic mass is 9.87. The van der Waals surface area contributed by atoms with Crippen molar-refractivity contribution in [1.82, 2.24) is 4.90 Å². The third kappa shape index (κ3) is 4.56. The summed E-state index contributed by atoms with van der Waals surface area (Å²) in [6.45, 7) is 2.29. The van der Waals surface area contributed by atoms with E-state index in [-0.39, 0.29) is 6.61 Å². The summed E-state index contributed by atoms with van der Waals surface area (Å²) in [5, 5.41) is 13.1. The minimum Gasteiger partial charge on any atom is -0.394 e. The van der Waals surface area contributed by atoms with Crippen LogP contribution in [-0.2, 0) is 12.7 Å². The predicted molar refractivity (Wildman–Crippen MR) is 95.8 cm³/mol. The van der Waals surface area contributed by atoms with Gasteiger partial charge in [0.05, 0.1) is 17.7 Å². The van der Waals surface area contributed by atoms with Gasteiger partial charge in [-0.3, -0.25) is 4.90 Å². The monoisotopic (exact) mass is 364 g/mol. The van der Waals surface area contributed by atoms with Crippen LogP contribution in [-0.4, -0.2) is 35.2 Å². The summed E-state index contributed by atoms with van der Waals surface area (Å²) in [5.41, 5.74) is 0.356.